The number of aryl methyl sites for hydroxylation is 1. The number of carbonyl (C=O) groups excluding carboxylic acids is 1. The number of sulfonamides is 1. The summed E-state index contributed by atoms with van der Waals surface area (Å²) in [6.45, 7) is 5.90. The second-order valence-electron chi connectivity index (χ2n) is 6.34. The van der Waals surface area contributed by atoms with Crippen LogP contribution in [0.4, 0.5) is 4.79 Å². The van der Waals surface area contributed by atoms with E-state index >= 15 is 0 Å². The van der Waals surface area contributed by atoms with Crippen LogP contribution in [0.1, 0.15) is 17.6 Å². The number of benzene rings is 1. The normalized spacial score (nSPS) is 15.4. The van der Waals surface area contributed by atoms with E-state index in [1.165, 1.54) is 15.6 Å². The molecule has 2 aromatic rings. The molecule has 1 aliphatic heterocycles. The molecule has 8 nitrogen and oxygen atoms in total. The average molecular weight is 425 g/mol. The second-order valence-corrected chi connectivity index (χ2v) is 9.22. The molecule has 1 fully saturated rings. The highest BCUT2D eigenvalue weighted by Crippen LogP contribution is 2.21. The first-order chi connectivity index (χ1) is 13.4. The molecule has 28 heavy (non-hydrogen) atoms. The van der Waals surface area contributed by atoms with Crippen LogP contribution in [0.5, 0.6) is 5.75 Å². The van der Waals surface area contributed by atoms with Crippen LogP contribution in [0.3, 0.4) is 0 Å². The molecule has 1 aliphatic rings. The van der Waals surface area contributed by atoms with Gasteiger partial charge in [-0.1, -0.05) is 0 Å². The van der Waals surface area contributed by atoms with Gasteiger partial charge >= 0.3 is 6.03 Å². The van der Waals surface area contributed by atoms with Crippen molar-refractivity contribution in [2.24, 2.45) is 0 Å². The van der Waals surface area contributed by atoms with Gasteiger partial charge < -0.3 is 15.0 Å². The van der Waals surface area contributed by atoms with Crippen molar-refractivity contribution in [1.29, 1.82) is 0 Å². The van der Waals surface area contributed by atoms with E-state index < -0.39 is 10.0 Å². The molecule has 0 aliphatic carbocycles. The summed E-state index contributed by atoms with van der Waals surface area (Å²) in [5, 5.41) is 5.62. The van der Waals surface area contributed by atoms with Crippen molar-refractivity contribution in [2.75, 3.05) is 32.8 Å². The summed E-state index contributed by atoms with van der Waals surface area (Å²) in [4.78, 5) is 18.5. The van der Waals surface area contributed by atoms with Crippen molar-refractivity contribution in [3.8, 4) is 5.75 Å². The molecule has 0 saturated carbocycles. The lowest BCUT2D eigenvalue weighted by Gasteiger charge is -2.33. The van der Waals surface area contributed by atoms with Gasteiger partial charge in [-0.2, -0.15) is 4.31 Å². The average Bonchev–Trinajstić information content (AvgIpc) is 3.12. The number of nitrogens with zero attached hydrogens (tertiary/aromatic N) is 3. The Bertz CT molecular complexity index is 904. The van der Waals surface area contributed by atoms with Crippen molar-refractivity contribution < 1.29 is 17.9 Å². The first-order valence-electron chi connectivity index (χ1n) is 9.07. The molecule has 1 N–H and O–H groups in total. The van der Waals surface area contributed by atoms with Crippen LogP contribution in [0, 0.1) is 6.92 Å². The van der Waals surface area contributed by atoms with Crippen LogP contribution < -0.4 is 10.1 Å². The molecule has 0 radical (unpaired) electrons. The van der Waals surface area contributed by atoms with E-state index in [2.05, 4.69) is 10.3 Å². The zero-order valence-corrected chi connectivity index (χ0v) is 17.6. The highest BCUT2D eigenvalue weighted by molar-refractivity contribution is 7.89. The van der Waals surface area contributed by atoms with E-state index in [-0.39, 0.29) is 24.0 Å². The Kier molecular flexibility index (Phi) is 6.53. The third-order valence-electron chi connectivity index (χ3n) is 4.36. The second kappa shape index (κ2) is 8.89. The minimum atomic E-state index is -3.58. The number of carbonyl (C=O) groups is 1. The summed E-state index contributed by atoms with van der Waals surface area (Å²) in [5.41, 5.74) is 0.933. The fourth-order valence-corrected chi connectivity index (χ4v) is 5.04. The smallest absolute Gasteiger partial charge is 0.317 e. The monoisotopic (exact) mass is 424 g/mol. The molecule has 2 amide bonds. The summed E-state index contributed by atoms with van der Waals surface area (Å²) in [6, 6.07) is 6.21. The van der Waals surface area contributed by atoms with Gasteiger partial charge in [0.1, 0.15) is 10.8 Å². The third-order valence-corrected chi connectivity index (χ3v) is 7.24. The number of urea groups is 1. The van der Waals surface area contributed by atoms with Crippen LogP contribution in [0.25, 0.3) is 0 Å². The first-order valence-corrected chi connectivity index (χ1v) is 11.4. The van der Waals surface area contributed by atoms with E-state index in [1.54, 1.807) is 29.2 Å². The summed E-state index contributed by atoms with van der Waals surface area (Å²) in [5.74, 6) is 0.637. The van der Waals surface area contributed by atoms with Crippen LogP contribution >= 0.6 is 11.3 Å². The standard InChI is InChI=1S/C18H24N4O4S2/c1-3-26-15-4-6-16(7-5-15)28(24,25)22-10-8-21(9-11-22)18(23)19-12-17-20-14(2)13-27-17/h4-7,13H,3,8-12H2,1-2H3,(H,19,23). The minimum absolute atomic E-state index is 0.203. The van der Waals surface area contributed by atoms with E-state index in [9.17, 15) is 13.2 Å². The largest absolute Gasteiger partial charge is 0.494 e. The Morgan fingerprint density at radius 2 is 1.89 bits per heavy atom. The molecule has 1 aromatic carbocycles. The van der Waals surface area contributed by atoms with E-state index in [4.69, 9.17) is 4.74 Å². The van der Waals surface area contributed by atoms with Crippen LogP contribution in [-0.2, 0) is 16.6 Å². The molecule has 2 heterocycles. The maximum absolute atomic E-state index is 12.8. The van der Waals surface area contributed by atoms with Crippen molar-refractivity contribution >= 4 is 27.4 Å². The van der Waals surface area contributed by atoms with Gasteiger partial charge in [0.05, 0.1) is 18.0 Å². The number of aromatic nitrogens is 1. The zero-order valence-electron chi connectivity index (χ0n) is 15.9. The van der Waals surface area contributed by atoms with Gasteiger partial charge in [0.25, 0.3) is 0 Å². The molecule has 0 spiro atoms. The maximum Gasteiger partial charge on any atom is 0.317 e. The van der Waals surface area contributed by atoms with Gasteiger partial charge in [-0.05, 0) is 38.1 Å². The SMILES string of the molecule is CCOc1ccc(S(=O)(=O)N2CCN(C(=O)NCc3nc(C)cs3)CC2)cc1. The zero-order chi connectivity index (χ0) is 20.1. The quantitative estimate of drug-likeness (QED) is 0.766. The number of hydrogen-bond acceptors (Lipinski definition) is 6. The molecule has 0 unspecified atom stereocenters. The van der Waals surface area contributed by atoms with E-state index in [0.717, 1.165) is 10.7 Å². The van der Waals surface area contributed by atoms with Gasteiger partial charge in [0.2, 0.25) is 10.0 Å². The Morgan fingerprint density at radius 1 is 1.21 bits per heavy atom. The Hall–Kier alpha value is -2.17. The van der Waals surface area contributed by atoms with Crippen LogP contribution in [0.2, 0.25) is 0 Å². The Morgan fingerprint density at radius 3 is 2.46 bits per heavy atom. The lowest BCUT2D eigenvalue weighted by atomic mass is 10.3. The number of rotatable bonds is 6. The van der Waals surface area contributed by atoms with Gasteiger partial charge in [-0.3, -0.25) is 0 Å². The van der Waals surface area contributed by atoms with Crippen LogP contribution in [-0.4, -0.2) is 61.4 Å². The van der Waals surface area contributed by atoms with E-state index in [1.807, 2.05) is 19.2 Å². The first kappa shape index (κ1) is 20.6. The maximum atomic E-state index is 12.8. The predicted octanol–water partition coefficient (Wildman–Crippen LogP) is 2.07. The predicted molar refractivity (Wildman–Crippen MR) is 107 cm³/mol. The summed E-state index contributed by atoms with van der Waals surface area (Å²) >= 11 is 1.50. The van der Waals surface area contributed by atoms with Crippen molar-refractivity contribution in [3.63, 3.8) is 0 Å². The van der Waals surface area contributed by atoms with Crippen LogP contribution in [0.15, 0.2) is 34.5 Å². The number of ether oxygens (including phenoxy) is 1. The summed E-state index contributed by atoms with van der Waals surface area (Å²) in [7, 11) is -3.58. The number of hydrogen-bond donors (Lipinski definition) is 1. The molecule has 1 saturated heterocycles. The van der Waals surface area contributed by atoms with Gasteiger partial charge in [0, 0.05) is 37.3 Å². The molecular formula is C18H24N4O4S2. The summed E-state index contributed by atoms with van der Waals surface area (Å²) < 4.78 is 32.4. The molecule has 152 valence electrons. The Balaban J connectivity index is 1.54. The highest BCUT2D eigenvalue weighted by Gasteiger charge is 2.30. The number of thiazole rings is 1. The van der Waals surface area contributed by atoms with Crippen molar-refractivity contribution in [2.45, 2.75) is 25.3 Å². The molecule has 3 rings (SSSR count). The van der Waals surface area contributed by atoms with Gasteiger partial charge in [-0.15, -0.1) is 11.3 Å². The number of amides is 2. The highest BCUT2D eigenvalue weighted by atomic mass is 32.2. The molecule has 10 heteroatoms. The topological polar surface area (TPSA) is 91.8 Å². The third kappa shape index (κ3) is 4.81. The molecule has 0 atom stereocenters. The lowest BCUT2D eigenvalue weighted by molar-refractivity contribution is 0.172. The number of piperazine rings is 1. The van der Waals surface area contributed by atoms with Crippen molar-refractivity contribution in [3.05, 3.63) is 40.3 Å². The number of nitrogens with one attached hydrogen (secondary N) is 1. The van der Waals surface area contributed by atoms with Gasteiger partial charge in [0.15, 0.2) is 0 Å². The van der Waals surface area contributed by atoms with E-state index in [0.29, 0.717) is 32.0 Å². The fraction of sp³-hybridized carbons (Fsp3) is 0.444. The lowest BCUT2D eigenvalue weighted by Crippen LogP contribution is -2.52. The molecular weight excluding hydrogens is 400 g/mol. The molecule has 1 aromatic heterocycles. The minimum Gasteiger partial charge on any atom is -0.494 e. The summed E-state index contributed by atoms with van der Waals surface area (Å²) in [6.07, 6.45) is 0. The van der Waals surface area contributed by atoms with Gasteiger partial charge in [-0.25, -0.2) is 18.2 Å². The fourth-order valence-electron chi connectivity index (χ4n) is 2.90. The Labute approximate surface area is 169 Å². The van der Waals surface area contributed by atoms with Crippen molar-refractivity contribution in [1.82, 2.24) is 19.5 Å². The molecule has 0 bridgehead atoms.